The second kappa shape index (κ2) is 12.4. The van der Waals surface area contributed by atoms with Crippen LogP contribution in [0.25, 0.3) is 10.9 Å². The molecule has 0 bridgehead atoms. The molecule has 1 unspecified atom stereocenters. The minimum absolute atomic E-state index is 0.162. The quantitative estimate of drug-likeness (QED) is 0.297. The molecule has 2 aromatic carbocycles. The fraction of sp³-hybridized carbons (Fsp3) is 0.321. The third-order valence-corrected chi connectivity index (χ3v) is 6.15. The van der Waals surface area contributed by atoms with Crippen molar-refractivity contribution in [1.29, 1.82) is 0 Å². The van der Waals surface area contributed by atoms with E-state index in [0.717, 1.165) is 25.6 Å². The van der Waals surface area contributed by atoms with Crippen molar-refractivity contribution in [2.24, 2.45) is 0 Å². The largest absolute Gasteiger partial charge is 0.486 e. The Balaban J connectivity index is 1.67. The number of nitrogens with zero attached hydrogens (tertiary/aromatic N) is 3. The average Bonchev–Trinajstić information content (AvgIpc) is 3.42. The standard InChI is InChI=1S/C28H29F2N5O3/c1-4-18-12-19(13-22(29)27(18)30)33-28-21-14-24(34-26(36)8-7-10-35(5-2)6-3)25(15-23(21)31-17-32-28)38-20-9-11-37-16-20/h1,7-8,12-15,17,20H,5-6,9-11,16H2,2-3H3,(H,34,36)(H,31,32,33). The number of benzene rings is 2. The summed E-state index contributed by atoms with van der Waals surface area (Å²) in [5, 5.41) is 6.38. The molecule has 1 aromatic heterocycles. The number of hydrogen-bond donors (Lipinski definition) is 2. The molecule has 38 heavy (non-hydrogen) atoms. The summed E-state index contributed by atoms with van der Waals surface area (Å²) >= 11 is 0. The van der Waals surface area contributed by atoms with Crippen LogP contribution in [0.2, 0.25) is 0 Å². The number of hydrogen-bond acceptors (Lipinski definition) is 7. The molecule has 2 heterocycles. The van der Waals surface area contributed by atoms with Gasteiger partial charge < -0.3 is 25.0 Å². The molecule has 1 saturated heterocycles. The first-order valence-electron chi connectivity index (χ1n) is 12.4. The molecule has 0 aliphatic carbocycles. The van der Waals surface area contributed by atoms with Crippen molar-refractivity contribution >= 4 is 34.0 Å². The normalized spacial score (nSPS) is 15.2. The summed E-state index contributed by atoms with van der Waals surface area (Å²) in [6.07, 6.45) is 10.5. The van der Waals surface area contributed by atoms with Gasteiger partial charge in [0.2, 0.25) is 5.91 Å². The number of carbonyl (C=O) groups is 1. The van der Waals surface area contributed by atoms with E-state index in [2.05, 4.69) is 45.3 Å². The molecule has 1 atom stereocenters. The fourth-order valence-corrected chi connectivity index (χ4v) is 4.03. The molecule has 1 aliphatic heterocycles. The lowest BCUT2D eigenvalue weighted by atomic mass is 10.1. The summed E-state index contributed by atoms with van der Waals surface area (Å²) in [5.41, 5.74) is 0.926. The van der Waals surface area contributed by atoms with Crippen LogP contribution >= 0.6 is 0 Å². The van der Waals surface area contributed by atoms with Crippen molar-refractivity contribution in [3.63, 3.8) is 0 Å². The molecular weight excluding hydrogens is 492 g/mol. The van der Waals surface area contributed by atoms with Crippen LogP contribution in [-0.2, 0) is 9.53 Å². The Kier molecular flexibility index (Phi) is 8.84. The molecule has 8 nitrogen and oxygen atoms in total. The van der Waals surface area contributed by atoms with Crippen LogP contribution in [0.4, 0.5) is 26.0 Å². The molecule has 4 rings (SSSR count). The molecule has 1 amide bonds. The van der Waals surface area contributed by atoms with Gasteiger partial charge in [0, 0.05) is 42.2 Å². The highest BCUT2D eigenvalue weighted by Gasteiger charge is 2.21. The van der Waals surface area contributed by atoms with Crippen LogP contribution in [0.3, 0.4) is 0 Å². The third-order valence-electron chi connectivity index (χ3n) is 6.15. The van der Waals surface area contributed by atoms with Crippen LogP contribution in [0.1, 0.15) is 25.8 Å². The lowest BCUT2D eigenvalue weighted by Crippen LogP contribution is -2.23. The molecule has 0 radical (unpaired) electrons. The van der Waals surface area contributed by atoms with E-state index in [4.69, 9.17) is 15.9 Å². The lowest BCUT2D eigenvalue weighted by molar-refractivity contribution is -0.111. The van der Waals surface area contributed by atoms with Crippen molar-refractivity contribution in [2.75, 3.05) is 43.5 Å². The maximum Gasteiger partial charge on any atom is 0.248 e. The highest BCUT2D eigenvalue weighted by atomic mass is 19.2. The van der Waals surface area contributed by atoms with Crippen molar-refractivity contribution in [1.82, 2.24) is 14.9 Å². The number of amides is 1. The van der Waals surface area contributed by atoms with Gasteiger partial charge in [-0.15, -0.1) is 6.42 Å². The summed E-state index contributed by atoms with van der Waals surface area (Å²) < 4.78 is 39.5. The van der Waals surface area contributed by atoms with Gasteiger partial charge >= 0.3 is 0 Å². The molecule has 0 spiro atoms. The van der Waals surface area contributed by atoms with E-state index in [1.54, 1.807) is 18.2 Å². The number of likely N-dealkylation sites (N-methyl/N-ethyl adjacent to an activating group) is 1. The van der Waals surface area contributed by atoms with Crippen molar-refractivity contribution < 1.29 is 23.0 Å². The molecule has 2 N–H and O–H groups in total. The van der Waals surface area contributed by atoms with E-state index in [1.165, 1.54) is 18.5 Å². The Morgan fingerprint density at radius 1 is 1.26 bits per heavy atom. The van der Waals surface area contributed by atoms with E-state index in [9.17, 15) is 13.6 Å². The minimum atomic E-state index is -1.10. The minimum Gasteiger partial charge on any atom is -0.486 e. The number of carbonyl (C=O) groups excluding carboxylic acids is 1. The Bertz CT molecular complexity index is 1380. The molecule has 0 saturated carbocycles. The van der Waals surface area contributed by atoms with Crippen LogP contribution in [0, 0.1) is 24.0 Å². The second-order valence-corrected chi connectivity index (χ2v) is 8.66. The lowest BCUT2D eigenvalue weighted by Gasteiger charge is -2.18. The van der Waals surface area contributed by atoms with Gasteiger partial charge in [0.05, 0.1) is 30.0 Å². The maximum atomic E-state index is 14.1. The molecule has 3 aromatic rings. The smallest absolute Gasteiger partial charge is 0.248 e. The van der Waals surface area contributed by atoms with E-state index in [1.807, 2.05) is 0 Å². The summed E-state index contributed by atoms with van der Waals surface area (Å²) in [6.45, 7) is 7.57. The maximum absolute atomic E-state index is 14.1. The van der Waals surface area contributed by atoms with Gasteiger partial charge in [-0.25, -0.2) is 18.7 Å². The number of nitrogens with one attached hydrogen (secondary N) is 2. The number of aromatic nitrogens is 2. The van der Waals surface area contributed by atoms with Gasteiger partial charge in [0.25, 0.3) is 0 Å². The highest BCUT2D eigenvalue weighted by Crippen LogP contribution is 2.35. The Morgan fingerprint density at radius 2 is 2.08 bits per heavy atom. The zero-order valence-electron chi connectivity index (χ0n) is 21.3. The molecular formula is C28H29F2N5O3. The summed E-state index contributed by atoms with van der Waals surface area (Å²) in [5.74, 6) is 0.377. The molecule has 1 fully saturated rings. The predicted octanol–water partition coefficient (Wildman–Crippen LogP) is 4.64. The third kappa shape index (κ3) is 6.43. The first kappa shape index (κ1) is 27.0. The van der Waals surface area contributed by atoms with E-state index < -0.39 is 11.6 Å². The predicted molar refractivity (Wildman–Crippen MR) is 143 cm³/mol. The first-order valence-corrected chi connectivity index (χ1v) is 12.4. The molecule has 198 valence electrons. The first-order chi connectivity index (χ1) is 18.4. The van der Waals surface area contributed by atoms with E-state index in [-0.39, 0.29) is 23.3 Å². The number of ether oxygens (including phenoxy) is 2. The van der Waals surface area contributed by atoms with E-state index in [0.29, 0.717) is 47.9 Å². The monoisotopic (exact) mass is 521 g/mol. The van der Waals surface area contributed by atoms with E-state index >= 15 is 0 Å². The van der Waals surface area contributed by atoms with Crippen molar-refractivity contribution in [2.45, 2.75) is 26.4 Å². The topological polar surface area (TPSA) is 88.6 Å². The number of terminal acetylenes is 1. The van der Waals surface area contributed by atoms with Crippen molar-refractivity contribution in [3.05, 3.63) is 59.9 Å². The van der Waals surface area contributed by atoms with Gasteiger partial charge in [-0.2, -0.15) is 0 Å². The second-order valence-electron chi connectivity index (χ2n) is 8.66. The summed E-state index contributed by atoms with van der Waals surface area (Å²) in [6, 6.07) is 5.69. The number of rotatable bonds is 10. The van der Waals surface area contributed by atoms with Crippen LogP contribution < -0.4 is 15.4 Å². The Morgan fingerprint density at radius 3 is 2.79 bits per heavy atom. The van der Waals surface area contributed by atoms with Gasteiger partial charge in [0.15, 0.2) is 11.6 Å². The Labute approximate surface area is 220 Å². The molecule has 10 heteroatoms. The Hall–Kier alpha value is -4.07. The number of halogens is 2. The highest BCUT2D eigenvalue weighted by molar-refractivity contribution is 6.03. The van der Waals surface area contributed by atoms with Gasteiger partial charge in [-0.1, -0.05) is 25.8 Å². The van der Waals surface area contributed by atoms with Gasteiger partial charge in [-0.05, 0) is 25.2 Å². The summed E-state index contributed by atoms with van der Waals surface area (Å²) in [7, 11) is 0. The average molecular weight is 522 g/mol. The van der Waals surface area contributed by atoms with Crippen molar-refractivity contribution in [3.8, 4) is 18.1 Å². The van der Waals surface area contributed by atoms with Crippen LogP contribution in [-0.4, -0.2) is 59.7 Å². The fourth-order valence-electron chi connectivity index (χ4n) is 4.03. The van der Waals surface area contributed by atoms with Crippen LogP contribution in [0.5, 0.6) is 5.75 Å². The van der Waals surface area contributed by atoms with Gasteiger partial charge in [0.1, 0.15) is 24.0 Å². The summed E-state index contributed by atoms with van der Waals surface area (Å²) in [4.78, 5) is 23.5. The number of fused-ring (bicyclic) bond motifs is 1. The zero-order chi connectivity index (χ0) is 27.1. The zero-order valence-corrected chi connectivity index (χ0v) is 21.3. The SMILES string of the molecule is C#Cc1cc(Nc2ncnc3cc(OC4CCOC4)c(NC(=O)C=CCN(CC)CC)cc23)cc(F)c1F. The number of anilines is 3. The van der Waals surface area contributed by atoms with Gasteiger partial charge in [-0.3, -0.25) is 4.79 Å². The van der Waals surface area contributed by atoms with Crippen LogP contribution in [0.15, 0.2) is 42.7 Å². The molecule has 1 aliphatic rings.